The molecule has 5 N–H and O–H groups in total. The molecule has 0 bridgehead atoms. The normalized spacial score (nSPS) is 19.6. The van der Waals surface area contributed by atoms with Crippen molar-refractivity contribution in [2.24, 2.45) is 0 Å². The second-order valence-electron chi connectivity index (χ2n) is 5.49. The molecule has 1 heterocycles. The summed E-state index contributed by atoms with van der Waals surface area (Å²) in [5, 5.41) is 6.58. The van der Waals surface area contributed by atoms with E-state index in [-0.39, 0.29) is 17.5 Å². The SMILES string of the molecule is O=C(NCc1ccc(F)c(Cl)c1)C1NNNC1Nc1cccc(Cl)c1. The van der Waals surface area contributed by atoms with E-state index in [1.807, 2.05) is 12.1 Å². The third-order valence-electron chi connectivity index (χ3n) is 3.67. The Balaban J connectivity index is 1.59. The van der Waals surface area contributed by atoms with E-state index >= 15 is 0 Å². The molecule has 2 atom stereocenters. The van der Waals surface area contributed by atoms with Crippen molar-refractivity contribution < 1.29 is 9.18 Å². The zero-order valence-corrected chi connectivity index (χ0v) is 14.5. The zero-order valence-electron chi connectivity index (χ0n) is 12.9. The molecule has 0 aromatic heterocycles. The lowest BCUT2D eigenvalue weighted by Gasteiger charge is -2.20. The summed E-state index contributed by atoms with van der Waals surface area (Å²) in [4.78, 5) is 12.4. The van der Waals surface area contributed by atoms with Crippen molar-refractivity contribution in [1.82, 2.24) is 21.7 Å². The van der Waals surface area contributed by atoms with Gasteiger partial charge in [0.1, 0.15) is 18.0 Å². The first kappa shape index (κ1) is 17.9. The molecule has 3 rings (SSSR count). The minimum atomic E-state index is -0.574. The molecule has 2 aromatic rings. The molecule has 0 saturated carbocycles. The average Bonchev–Trinajstić information content (AvgIpc) is 3.04. The van der Waals surface area contributed by atoms with Gasteiger partial charge < -0.3 is 10.6 Å². The van der Waals surface area contributed by atoms with Gasteiger partial charge in [-0.3, -0.25) is 4.79 Å². The molecule has 0 radical (unpaired) electrons. The van der Waals surface area contributed by atoms with Crippen molar-refractivity contribution >= 4 is 34.8 Å². The van der Waals surface area contributed by atoms with Crippen molar-refractivity contribution in [1.29, 1.82) is 0 Å². The summed E-state index contributed by atoms with van der Waals surface area (Å²) < 4.78 is 13.2. The summed E-state index contributed by atoms with van der Waals surface area (Å²) in [6.45, 7) is 0.237. The number of carbonyl (C=O) groups is 1. The standard InChI is InChI=1S/C16H16Cl2FN5O/c17-10-2-1-3-11(7-10)21-15-14(22-24-23-15)16(25)20-8-9-4-5-13(19)12(18)6-9/h1-7,14-15,21-24H,8H2,(H,20,25). The lowest BCUT2D eigenvalue weighted by molar-refractivity contribution is -0.123. The summed E-state index contributed by atoms with van der Waals surface area (Å²) in [6.07, 6.45) is -0.393. The Labute approximate surface area is 154 Å². The van der Waals surface area contributed by atoms with Crippen LogP contribution in [-0.2, 0) is 11.3 Å². The van der Waals surface area contributed by atoms with Crippen LogP contribution in [-0.4, -0.2) is 18.1 Å². The van der Waals surface area contributed by atoms with Gasteiger partial charge in [-0.05, 0) is 35.9 Å². The predicted molar refractivity (Wildman–Crippen MR) is 95.3 cm³/mol. The first-order chi connectivity index (χ1) is 12.0. The number of nitrogens with one attached hydrogen (secondary N) is 5. The summed E-state index contributed by atoms with van der Waals surface area (Å²) in [5.74, 6) is -0.731. The molecule has 2 unspecified atom stereocenters. The Morgan fingerprint density at radius 2 is 2.00 bits per heavy atom. The number of carbonyl (C=O) groups excluding carboxylic acids is 1. The van der Waals surface area contributed by atoms with Gasteiger partial charge in [-0.15, -0.1) is 0 Å². The molecule has 6 nitrogen and oxygen atoms in total. The molecule has 9 heteroatoms. The number of rotatable bonds is 5. The molecule has 1 aliphatic heterocycles. The van der Waals surface area contributed by atoms with Gasteiger partial charge >= 0.3 is 0 Å². The smallest absolute Gasteiger partial charge is 0.242 e. The first-order valence-electron chi connectivity index (χ1n) is 7.53. The maximum Gasteiger partial charge on any atom is 0.242 e. The molecule has 1 saturated heterocycles. The van der Waals surface area contributed by atoms with Crippen LogP contribution < -0.4 is 27.0 Å². The predicted octanol–water partition coefficient (Wildman–Crippen LogP) is 2.17. The summed E-state index contributed by atoms with van der Waals surface area (Å²) in [6, 6.07) is 10.9. The Morgan fingerprint density at radius 1 is 1.16 bits per heavy atom. The van der Waals surface area contributed by atoms with E-state index in [1.54, 1.807) is 18.2 Å². The van der Waals surface area contributed by atoms with Gasteiger partial charge in [0.05, 0.1) is 5.02 Å². The van der Waals surface area contributed by atoms with Crippen LogP contribution in [0.5, 0.6) is 0 Å². The molecule has 0 spiro atoms. The Hall–Kier alpha value is -1.90. The van der Waals surface area contributed by atoms with Crippen LogP contribution in [0, 0.1) is 5.82 Å². The number of anilines is 1. The van der Waals surface area contributed by atoms with Crippen LogP contribution in [0.3, 0.4) is 0 Å². The monoisotopic (exact) mass is 383 g/mol. The van der Waals surface area contributed by atoms with Gasteiger partial charge in [0.15, 0.2) is 0 Å². The lowest BCUT2D eigenvalue weighted by Crippen LogP contribution is -2.50. The molecule has 2 aromatic carbocycles. The van der Waals surface area contributed by atoms with Gasteiger partial charge in [0, 0.05) is 17.3 Å². The van der Waals surface area contributed by atoms with Crippen LogP contribution in [0.1, 0.15) is 5.56 Å². The van der Waals surface area contributed by atoms with E-state index in [2.05, 4.69) is 27.0 Å². The van der Waals surface area contributed by atoms with Gasteiger partial charge in [-0.2, -0.15) is 5.53 Å². The fraction of sp³-hybridized carbons (Fsp3) is 0.188. The fourth-order valence-electron chi connectivity index (χ4n) is 2.41. The van der Waals surface area contributed by atoms with Gasteiger partial charge in [0.25, 0.3) is 0 Å². The highest BCUT2D eigenvalue weighted by atomic mass is 35.5. The number of amides is 1. The highest BCUT2D eigenvalue weighted by molar-refractivity contribution is 6.31. The number of hydrogen-bond acceptors (Lipinski definition) is 5. The summed E-state index contributed by atoms with van der Waals surface area (Å²) in [7, 11) is 0. The Morgan fingerprint density at radius 3 is 2.76 bits per heavy atom. The molecule has 25 heavy (non-hydrogen) atoms. The zero-order chi connectivity index (χ0) is 17.8. The highest BCUT2D eigenvalue weighted by Gasteiger charge is 2.32. The van der Waals surface area contributed by atoms with E-state index in [4.69, 9.17) is 23.2 Å². The van der Waals surface area contributed by atoms with E-state index in [9.17, 15) is 9.18 Å². The Kier molecular flexibility index (Phi) is 5.72. The van der Waals surface area contributed by atoms with E-state index in [0.717, 1.165) is 5.69 Å². The summed E-state index contributed by atoms with van der Waals surface area (Å²) >= 11 is 11.7. The van der Waals surface area contributed by atoms with Crippen molar-refractivity contribution in [2.45, 2.75) is 18.8 Å². The van der Waals surface area contributed by atoms with Crippen LogP contribution in [0.4, 0.5) is 10.1 Å². The number of benzene rings is 2. The quantitative estimate of drug-likeness (QED) is 0.546. The molecular weight excluding hydrogens is 368 g/mol. The third-order valence-corrected chi connectivity index (χ3v) is 4.19. The van der Waals surface area contributed by atoms with Crippen LogP contribution in [0.15, 0.2) is 42.5 Å². The molecule has 0 aliphatic carbocycles. The lowest BCUT2D eigenvalue weighted by atomic mass is 10.2. The third kappa shape index (κ3) is 4.59. The Bertz CT molecular complexity index is 776. The minimum absolute atomic E-state index is 0.0228. The molecule has 1 amide bonds. The van der Waals surface area contributed by atoms with Crippen LogP contribution in [0.25, 0.3) is 0 Å². The first-order valence-corrected chi connectivity index (χ1v) is 8.28. The van der Waals surface area contributed by atoms with Gasteiger partial charge in [0.2, 0.25) is 5.91 Å². The van der Waals surface area contributed by atoms with Crippen LogP contribution in [0.2, 0.25) is 10.0 Å². The number of hydrogen-bond donors (Lipinski definition) is 5. The summed E-state index contributed by atoms with van der Waals surface area (Å²) in [5.41, 5.74) is 9.98. The van der Waals surface area contributed by atoms with Crippen molar-refractivity contribution in [3.63, 3.8) is 0 Å². The molecular formula is C16H16Cl2FN5O. The molecule has 1 fully saturated rings. The average molecular weight is 384 g/mol. The maximum absolute atomic E-state index is 13.2. The molecule has 1 aliphatic rings. The minimum Gasteiger partial charge on any atom is -0.367 e. The second kappa shape index (κ2) is 7.99. The number of halogens is 3. The van der Waals surface area contributed by atoms with Crippen molar-refractivity contribution in [2.75, 3.05) is 5.32 Å². The second-order valence-corrected chi connectivity index (χ2v) is 6.33. The van der Waals surface area contributed by atoms with Gasteiger partial charge in [-0.25, -0.2) is 15.2 Å². The number of hydrazine groups is 2. The van der Waals surface area contributed by atoms with Crippen molar-refractivity contribution in [3.8, 4) is 0 Å². The van der Waals surface area contributed by atoms with E-state index < -0.39 is 18.0 Å². The topological polar surface area (TPSA) is 77.2 Å². The van der Waals surface area contributed by atoms with Crippen LogP contribution >= 0.6 is 23.2 Å². The van der Waals surface area contributed by atoms with Crippen molar-refractivity contribution in [3.05, 3.63) is 63.9 Å². The van der Waals surface area contributed by atoms with E-state index in [1.165, 1.54) is 12.1 Å². The van der Waals surface area contributed by atoms with Gasteiger partial charge in [-0.1, -0.05) is 35.3 Å². The highest BCUT2D eigenvalue weighted by Crippen LogP contribution is 2.17. The molecule has 132 valence electrons. The maximum atomic E-state index is 13.2. The largest absolute Gasteiger partial charge is 0.367 e. The fourth-order valence-corrected chi connectivity index (χ4v) is 2.80. The van der Waals surface area contributed by atoms with E-state index in [0.29, 0.717) is 10.6 Å².